The molecule has 1 N–H and O–H groups in total. The number of methoxy groups -OCH3 is 1. The van der Waals surface area contributed by atoms with Gasteiger partial charge in [-0.2, -0.15) is 0 Å². The predicted octanol–water partition coefficient (Wildman–Crippen LogP) is 5.01. The minimum atomic E-state index is 0.0346. The van der Waals surface area contributed by atoms with Gasteiger partial charge in [0.15, 0.2) is 11.5 Å². The molecule has 0 unspecified atom stereocenters. The van der Waals surface area contributed by atoms with E-state index in [9.17, 15) is 0 Å². The second kappa shape index (κ2) is 9.10. The second-order valence-corrected chi connectivity index (χ2v) is 8.27. The zero-order valence-corrected chi connectivity index (χ0v) is 18.6. The first-order chi connectivity index (χ1) is 14.6. The van der Waals surface area contributed by atoms with Gasteiger partial charge in [-0.25, -0.2) is 9.97 Å². The molecule has 6 nitrogen and oxygen atoms in total. The summed E-state index contributed by atoms with van der Waals surface area (Å²) in [6.45, 7) is 5.36. The zero-order chi connectivity index (χ0) is 21.1. The summed E-state index contributed by atoms with van der Waals surface area (Å²) in [7, 11) is 1.65. The van der Waals surface area contributed by atoms with Crippen molar-refractivity contribution in [2.24, 2.45) is 0 Å². The molecule has 0 spiro atoms. The van der Waals surface area contributed by atoms with Crippen LogP contribution >= 0.6 is 11.8 Å². The van der Waals surface area contributed by atoms with Crippen molar-refractivity contribution in [2.45, 2.75) is 37.3 Å². The molecule has 1 fully saturated rings. The number of hydrogen-bond donors (Lipinski definition) is 1. The fraction of sp³-hybridized carbons (Fsp3) is 0.391. The lowest BCUT2D eigenvalue weighted by Crippen LogP contribution is -2.16. The van der Waals surface area contributed by atoms with E-state index in [1.165, 1.54) is 10.5 Å². The molecule has 1 aliphatic heterocycles. The van der Waals surface area contributed by atoms with Crippen LogP contribution in [0.4, 0.5) is 5.82 Å². The Morgan fingerprint density at radius 3 is 2.80 bits per heavy atom. The molecule has 2 atom stereocenters. The lowest BCUT2D eigenvalue weighted by atomic mass is 10.1. The predicted molar refractivity (Wildman–Crippen MR) is 121 cm³/mol. The molecular weight excluding hydrogens is 398 g/mol. The van der Waals surface area contributed by atoms with Crippen LogP contribution in [0.5, 0.6) is 11.5 Å². The summed E-state index contributed by atoms with van der Waals surface area (Å²) in [5.74, 6) is 2.84. The summed E-state index contributed by atoms with van der Waals surface area (Å²) in [5, 5.41) is 4.48. The van der Waals surface area contributed by atoms with E-state index in [4.69, 9.17) is 14.2 Å². The number of aromatic nitrogens is 2. The van der Waals surface area contributed by atoms with Crippen molar-refractivity contribution in [2.75, 3.05) is 31.9 Å². The van der Waals surface area contributed by atoms with Gasteiger partial charge in [0.05, 0.1) is 31.9 Å². The molecule has 1 saturated heterocycles. The van der Waals surface area contributed by atoms with Crippen LogP contribution in [-0.2, 0) is 4.74 Å². The number of nitrogens with one attached hydrogen (secondary N) is 1. The van der Waals surface area contributed by atoms with Crippen molar-refractivity contribution in [3.05, 3.63) is 47.8 Å². The Kier molecular flexibility index (Phi) is 6.29. The number of aryl methyl sites for hydroxylation is 1. The van der Waals surface area contributed by atoms with E-state index in [1.54, 1.807) is 18.9 Å². The molecule has 0 saturated carbocycles. The van der Waals surface area contributed by atoms with Crippen molar-refractivity contribution < 1.29 is 14.2 Å². The Balaban J connectivity index is 1.70. The van der Waals surface area contributed by atoms with Gasteiger partial charge in [0.1, 0.15) is 17.7 Å². The van der Waals surface area contributed by atoms with E-state index in [-0.39, 0.29) is 12.1 Å². The molecular formula is C23H27N3O3S. The van der Waals surface area contributed by atoms with Gasteiger partial charge >= 0.3 is 0 Å². The van der Waals surface area contributed by atoms with E-state index in [0.717, 1.165) is 29.7 Å². The van der Waals surface area contributed by atoms with Crippen molar-refractivity contribution >= 4 is 28.5 Å². The number of anilines is 1. The molecule has 30 heavy (non-hydrogen) atoms. The van der Waals surface area contributed by atoms with E-state index >= 15 is 0 Å². The summed E-state index contributed by atoms with van der Waals surface area (Å²) in [6.07, 6.45) is 3.00. The van der Waals surface area contributed by atoms with Crippen LogP contribution in [0.15, 0.2) is 41.3 Å². The molecule has 1 aliphatic rings. The molecule has 2 aromatic carbocycles. The van der Waals surface area contributed by atoms with Gasteiger partial charge < -0.3 is 19.5 Å². The first kappa shape index (κ1) is 20.8. The van der Waals surface area contributed by atoms with Crippen LogP contribution in [0.25, 0.3) is 10.9 Å². The van der Waals surface area contributed by atoms with Gasteiger partial charge in [-0.05, 0) is 43.9 Å². The Bertz CT molecular complexity index is 1040. The van der Waals surface area contributed by atoms with Crippen LogP contribution in [0.2, 0.25) is 0 Å². The van der Waals surface area contributed by atoms with Crippen molar-refractivity contribution in [3.63, 3.8) is 0 Å². The van der Waals surface area contributed by atoms with E-state index in [2.05, 4.69) is 52.7 Å². The lowest BCUT2D eigenvalue weighted by Gasteiger charge is -2.19. The summed E-state index contributed by atoms with van der Waals surface area (Å²) in [6, 6.07) is 12.5. The van der Waals surface area contributed by atoms with Crippen molar-refractivity contribution in [3.8, 4) is 11.5 Å². The summed E-state index contributed by atoms with van der Waals surface area (Å²) >= 11 is 1.74. The molecule has 2 heterocycles. The minimum Gasteiger partial charge on any atom is -0.493 e. The molecule has 0 aliphatic carbocycles. The third-order valence-corrected chi connectivity index (χ3v) is 5.95. The quantitative estimate of drug-likeness (QED) is 0.534. The molecule has 158 valence electrons. The highest BCUT2D eigenvalue weighted by atomic mass is 32.2. The number of thioether (sulfide) groups is 1. The number of rotatable bonds is 7. The third-order valence-electron chi connectivity index (χ3n) is 5.22. The topological polar surface area (TPSA) is 65.5 Å². The van der Waals surface area contributed by atoms with Gasteiger partial charge in [-0.15, -0.1) is 11.8 Å². The fourth-order valence-corrected chi connectivity index (χ4v) is 4.07. The molecule has 1 aromatic heterocycles. The summed E-state index contributed by atoms with van der Waals surface area (Å²) in [5.41, 5.74) is 2.03. The normalized spacial score (nSPS) is 17.1. The van der Waals surface area contributed by atoms with Crippen LogP contribution in [0.3, 0.4) is 0 Å². The Labute approximate surface area is 181 Å². The highest BCUT2D eigenvalue weighted by Gasteiger charge is 2.21. The number of benzene rings is 2. The number of fused-ring (bicyclic) bond motifs is 1. The SMILES string of the molecule is COc1cc2nc(C)nc(N[C@@H](C)c3cccc(SC)c3)c2cc1O[C@H]1CCOC1. The molecule has 3 aromatic rings. The molecule has 0 bridgehead atoms. The second-order valence-electron chi connectivity index (χ2n) is 7.39. The average Bonchev–Trinajstić information content (AvgIpc) is 3.26. The highest BCUT2D eigenvalue weighted by Crippen LogP contribution is 2.36. The molecule has 0 radical (unpaired) electrons. The first-order valence-electron chi connectivity index (χ1n) is 10.1. The monoisotopic (exact) mass is 425 g/mol. The number of ether oxygens (including phenoxy) is 3. The van der Waals surface area contributed by atoms with Crippen LogP contribution in [-0.4, -0.2) is 42.7 Å². The maximum absolute atomic E-state index is 6.17. The lowest BCUT2D eigenvalue weighted by molar-refractivity contribution is 0.139. The van der Waals surface area contributed by atoms with Crippen molar-refractivity contribution in [1.29, 1.82) is 0 Å². The van der Waals surface area contributed by atoms with Gasteiger partial charge in [-0.1, -0.05) is 12.1 Å². The van der Waals surface area contributed by atoms with Crippen molar-refractivity contribution in [1.82, 2.24) is 9.97 Å². The van der Waals surface area contributed by atoms with Crippen LogP contribution < -0.4 is 14.8 Å². The van der Waals surface area contributed by atoms with Gasteiger partial charge in [0, 0.05) is 22.8 Å². The van der Waals surface area contributed by atoms with Crippen LogP contribution in [0.1, 0.15) is 30.8 Å². The van der Waals surface area contributed by atoms with E-state index in [1.807, 2.05) is 19.1 Å². The van der Waals surface area contributed by atoms with E-state index in [0.29, 0.717) is 23.9 Å². The fourth-order valence-electron chi connectivity index (χ4n) is 3.60. The van der Waals surface area contributed by atoms with E-state index < -0.39 is 0 Å². The minimum absolute atomic E-state index is 0.0346. The standard InChI is InChI=1S/C23H27N3O3S/c1-14(16-6-5-7-18(10-16)30-4)24-23-19-11-22(29-17-8-9-28-13-17)21(27-3)12-20(19)25-15(2)26-23/h5-7,10-12,14,17H,8-9,13H2,1-4H3,(H,24,25,26)/t14-,17-/m0/s1. The largest absolute Gasteiger partial charge is 0.493 e. The Hall–Kier alpha value is -2.51. The Morgan fingerprint density at radius 1 is 1.20 bits per heavy atom. The smallest absolute Gasteiger partial charge is 0.162 e. The summed E-state index contributed by atoms with van der Waals surface area (Å²) in [4.78, 5) is 10.5. The third kappa shape index (κ3) is 4.47. The number of nitrogens with zero attached hydrogens (tertiary/aromatic N) is 2. The molecule has 0 amide bonds. The van der Waals surface area contributed by atoms with Crippen LogP contribution in [0, 0.1) is 6.92 Å². The first-order valence-corrected chi connectivity index (χ1v) is 11.3. The maximum atomic E-state index is 6.17. The molecule has 7 heteroatoms. The highest BCUT2D eigenvalue weighted by molar-refractivity contribution is 7.98. The van der Waals surface area contributed by atoms with Gasteiger partial charge in [0.25, 0.3) is 0 Å². The van der Waals surface area contributed by atoms with Gasteiger partial charge in [-0.3, -0.25) is 0 Å². The maximum Gasteiger partial charge on any atom is 0.162 e. The number of hydrogen-bond acceptors (Lipinski definition) is 7. The molecule has 4 rings (SSSR count). The zero-order valence-electron chi connectivity index (χ0n) is 17.8. The Morgan fingerprint density at radius 2 is 2.07 bits per heavy atom. The average molecular weight is 426 g/mol. The van der Waals surface area contributed by atoms with Gasteiger partial charge in [0.2, 0.25) is 0 Å². The summed E-state index contributed by atoms with van der Waals surface area (Å²) < 4.78 is 17.2.